The van der Waals surface area contributed by atoms with Crippen LogP contribution in [0, 0.1) is 6.92 Å². The smallest absolute Gasteiger partial charge is 0.133 e. The quantitative estimate of drug-likeness (QED) is 0.564. The molecule has 1 aliphatic rings. The summed E-state index contributed by atoms with van der Waals surface area (Å²) in [6.07, 6.45) is 1.02. The zero-order valence-corrected chi connectivity index (χ0v) is 14.2. The van der Waals surface area contributed by atoms with Gasteiger partial charge in [0.05, 0.1) is 11.4 Å². The second-order valence-corrected chi connectivity index (χ2v) is 6.61. The SMILES string of the molecule is Cc1ccccc1-n1nc(-c2ccc3ccccc3c2)c2c1NCC2. The van der Waals surface area contributed by atoms with Crippen molar-refractivity contribution in [1.29, 1.82) is 0 Å². The molecule has 122 valence electrons. The number of fused-ring (bicyclic) bond motifs is 2. The highest BCUT2D eigenvalue weighted by molar-refractivity contribution is 5.88. The molecular formula is C22H19N3. The summed E-state index contributed by atoms with van der Waals surface area (Å²) >= 11 is 0. The van der Waals surface area contributed by atoms with Crippen molar-refractivity contribution in [3.05, 3.63) is 77.9 Å². The number of aromatic nitrogens is 2. The van der Waals surface area contributed by atoms with E-state index in [1.54, 1.807) is 0 Å². The first-order valence-corrected chi connectivity index (χ1v) is 8.72. The van der Waals surface area contributed by atoms with Gasteiger partial charge in [0.1, 0.15) is 5.82 Å². The minimum absolute atomic E-state index is 0.972. The van der Waals surface area contributed by atoms with Crippen molar-refractivity contribution in [2.45, 2.75) is 13.3 Å². The lowest BCUT2D eigenvalue weighted by Crippen LogP contribution is -2.05. The van der Waals surface area contributed by atoms with E-state index in [9.17, 15) is 0 Å². The van der Waals surface area contributed by atoms with E-state index in [2.05, 4.69) is 83.7 Å². The lowest BCUT2D eigenvalue weighted by molar-refractivity contribution is 0.875. The van der Waals surface area contributed by atoms with E-state index in [1.165, 1.54) is 27.5 Å². The molecular weight excluding hydrogens is 306 g/mol. The van der Waals surface area contributed by atoms with E-state index in [0.29, 0.717) is 0 Å². The summed E-state index contributed by atoms with van der Waals surface area (Å²) in [5.74, 6) is 1.14. The molecule has 1 aliphatic heterocycles. The standard InChI is InChI=1S/C22H19N3/c1-15-6-2-5-9-20(15)25-22-19(12-13-23-22)21(24-25)18-11-10-16-7-3-4-8-17(16)14-18/h2-11,14,23H,12-13H2,1H3. The molecule has 25 heavy (non-hydrogen) atoms. The van der Waals surface area contributed by atoms with Crippen LogP contribution in [0.15, 0.2) is 66.7 Å². The van der Waals surface area contributed by atoms with Gasteiger partial charge in [0.25, 0.3) is 0 Å². The van der Waals surface area contributed by atoms with E-state index >= 15 is 0 Å². The molecule has 4 aromatic rings. The van der Waals surface area contributed by atoms with Gasteiger partial charge in [-0.2, -0.15) is 5.10 Å². The van der Waals surface area contributed by atoms with Gasteiger partial charge in [-0.25, -0.2) is 4.68 Å². The van der Waals surface area contributed by atoms with Crippen molar-refractivity contribution in [2.24, 2.45) is 0 Å². The number of aryl methyl sites for hydroxylation is 1. The van der Waals surface area contributed by atoms with Crippen LogP contribution >= 0.6 is 0 Å². The highest BCUT2D eigenvalue weighted by Gasteiger charge is 2.24. The number of rotatable bonds is 2. The molecule has 0 fully saturated rings. The second kappa shape index (κ2) is 5.49. The van der Waals surface area contributed by atoms with Gasteiger partial charge in [-0.15, -0.1) is 0 Å². The summed E-state index contributed by atoms with van der Waals surface area (Å²) in [5.41, 5.74) is 5.96. The Balaban J connectivity index is 1.72. The fourth-order valence-electron chi connectivity index (χ4n) is 3.72. The maximum absolute atomic E-state index is 4.99. The van der Waals surface area contributed by atoms with Gasteiger partial charge < -0.3 is 5.32 Å². The zero-order chi connectivity index (χ0) is 16.8. The highest BCUT2D eigenvalue weighted by Crippen LogP contribution is 2.36. The number of hydrogen-bond donors (Lipinski definition) is 1. The van der Waals surface area contributed by atoms with E-state index in [0.717, 1.165) is 30.2 Å². The number of anilines is 1. The topological polar surface area (TPSA) is 29.9 Å². The summed E-state index contributed by atoms with van der Waals surface area (Å²) < 4.78 is 2.07. The molecule has 3 heteroatoms. The summed E-state index contributed by atoms with van der Waals surface area (Å²) in [7, 11) is 0. The first-order valence-electron chi connectivity index (χ1n) is 8.72. The van der Waals surface area contributed by atoms with Crippen LogP contribution in [0.3, 0.4) is 0 Å². The van der Waals surface area contributed by atoms with Gasteiger partial charge in [-0.05, 0) is 41.8 Å². The molecule has 1 aromatic heterocycles. The number of nitrogens with zero attached hydrogens (tertiary/aromatic N) is 2. The third-order valence-electron chi connectivity index (χ3n) is 5.02. The predicted octanol–water partition coefficient (Wildman–Crippen LogP) is 4.97. The molecule has 3 aromatic carbocycles. The Kier molecular flexibility index (Phi) is 3.14. The fraction of sp³-hybridized carbons (Fsp3) is 0.136. The summed E-state index contributed by atoms with van der Waals surface area (Å²) in [6, 6.07) is 23.5. The third kappa shape index (κ3) is 2.23. The highest BCUT2D eigenvalue weighted by atomic mass is 15.3. The lowest BCUT2D eigenvalue weighted by atomic mass is 10.0. The summed E-state index contributed by atoms with van der Waals surface area (Å²) in [4.78, 5) is 0. The van der Waals surface area contributed by atoms with Crippen LogP contribution in [0.5, 0.6) is 0 Å². The van der Waals surface area contributed by atoms with Gasteiger partial charge in [0.2, 0.25) is 0 Å². The Labute approximate surface area is 146 Å². The first kappa shape index (κ1) is 14.3. The van der Waals surface area contributed by atoms with Crippen molar-refractivity contribution in [3.63, 3.8) is 0 Å². The van der Waals surface area contributed by atoms with Crippen LogP contribution in [0.25, 0.3) is 27.7 Å². The Morgan fingerprint density at radius 1 is 0.920 bits per heavy atom. The van der Waals surface area contributed by atoms with Gasteiger partial charge in [0, 0.05) is 17.7 Å². The van der Waals surface area contributed by atoms with Gasteiger partial charge in [-0.1, -0.05) is 54.6 Å². The Hall–Kier alpha value is -3.07. The largest absolute Gasteiger partial charge is 0.369 e. The average molecular weight is 325 g/mol. The molecule has 2 heterocycles. The van der Waals surface area contributed by atoms with Crippen LogP contribution < -0.4 is 5.32 Å². The van der Waals surface area contributed by atoms with E-state index in [4.69, 9.17) is 5.10 Å². The molecule has 0 unspecified atom stereocenters. The van der Waals surface area contributed by atoms with Crippen LogP contribution in [-0.4, -0.2) is 16.3 Å². The van der Waals surface area contributed by atoms with Crippen molar-refractivity contribution < 1.29 is 0 Å². The maximum Gasteiger partial charge on any atom is 0.133 e. The van der Waals surface area contributed by atoms with E-state index in [1.807, 2.05) is 0 Å². The van der Waals surface area contributed by atoms with E-state index in [-0.39, 0.29) is 0 Å². The molecule has 0 saturated heterocycles. The van der Waals surface area contributed by atoms with Gasteiger partial charge in [0.15, 0.2) is 0 Å². The third-order valence-corrected chi connectivity index (χ3v) is 5.02. The predicted molar refractivity (Wildman–Crippen MR) is 103 cm³/mol. The molecule has 1 N–H and O–H groups in total. The molecule has 0 spiro atoms. The summed E-state index contributed by atoms with van der Waals surface area (Å²) in [6.45, 7) is 3.10. The Bertz CT molecular complexity index is 1090. The number of nitrogens with one attached hydrogen (secondary N) is 1. The monoisotopic (exact) mass is 325 g/mol. The van der Waals surface area contributed by atoms with Crippen LogP contribution in [0.1, 0.15) is 11.1 Å². The van der Waals surface area contributed by atoms with E-state index < -0.39 is 0 Å². The zero-order valence-electron chi connectivity index (χ0n) is 14.2. The minimum Gasteiger partial charge on any atom is -0.369 e. The van der Waals surface area contributed by atoms with Crippen molar-refractivity contribution in [2.75, 3.05) is 11.9 Å². The minimum atomic E-state index is 0.972. The van der Waals surface area contributed by atoms with Crippen LogP contribution in [0.2, 0.25) is 0 Å². The Morgan fingerprint density at radius 3 is 2.60 bits per heavy atom. The van der Waals surface area contributed by atoms with Gasteiger partial charge >= 0.3 is 0 Å². The fourth-order valence-corrected chi connectivity index (χ4v) is 3.72. The molecule has 0 saturated carbocycles. The molecule has 0 aliphatic carbocycles. The first-order chi connectivity index (χ1) is 12.3. The van der Waals surface area contributed by atoms with Crippen LogP contribution in [0.4, 0.5) is 5.82 Å². The molecule has 3 nitrogen and oxygen atoms in total. The lowest BCUT2D eigenvalue weighted by Gasteiger charge is -2.09. The number of benzene rings is 3. The second-order valence-electron chi connectivity index (χ2n) is 6.61. The van der Waals surface area contributed by atoms with Crippen LogP contribution in [-0.2, 0) is 6.42 Å². The summed E-state index contributed by atoms with van der Waals surface area (Å²) in [5, 5.41) is 11.0. The molecule has 0 atom stereocenters. The molecule has 0 radical (unpaired) electrons. The number of hydrogen-bond acceptors (Lipinski definition) is 2. The molecule has 0 amide bonds. The van der Waals surface area contributed by atoms with Crippen molar-refractivity contribution in [3.8, 4) is 16.9 Å². The normalized spacial score (nSPS) is 13.0. The number of para-hydroxylation sites is 1. The maximum atomic E-state index is 4.99. The molecule has 0 bridgehead atoms. The van der Waals surface area contributed by atoms with Crippen molar-refractivity contribution in [1.82, 2.24) is 9.78 Å². The van der Waals surface area contributed by atoms with Gasteiger partial charge in [-0.3, -0.25) is 0 Å². The van der Waals surface area contributed by atoms with Crippen molar-refractivity contribution >= 4 is 16.6 Å². The molecule has 5 rings (SSSR count). The average Bonchev–Trinajstić information content (AvgIpc) is 3.25. The Morgan fingerprint density at radius 2 is 1.72 bits per heavy atom.